The zero-order valence-electron chi connectivity index (χ0n) is 10.1. The highest BCUT2D eigenvalue weighted by atomic mass is 16.1. The van der Waals surface area contributed by atoms with E-state index in [9.17, 15) is 4.79 Å². The summed E-state index contributed by atoms with van der Waals surface area (Å²) in [7, 11) is 0. The number of H-pyrrole nitrogens is 1. The van der Waals surface area contributed by atoms with E-state index >= 15 is 0 Å². The van der Waals surface area contributed by atoms with Gasteiger partial charge in [0.15, 0.2) is 0 Å². The summed E-state index contributed by atoms with van der Waals surface area (Å²) < 4.78 is 0. The second-order valence-corrected chi connectivity index (χ2v) is 5.10. The standard InChI is InChI=1S/C13H17N3O/c1-13(2,15)6-9-7-16-11-4-3-8(12(14)17)5-10(9)11/h3-5,7,16H,6,15H2,1-2H3,(H2,14,17). The number of nitrogens with two attached hydrogens (primary N) is 2. The van der Waals surface area contributed by atoms with Crippen molar-refractivity contribution in [3.8, 4) is 0 Å². The van der Waals surface area contributed by atoms with Crippen LogP contribution in [0.5, 0.6) is 0 Å². The number of primary amides is 1. The third kappa shape index (κ3) is 2.47. The van der Waals surface area contributed by atoms with Crippen LogP contribution in [0.3, 0.4) is 0 Å². The molecule has 0 aliphatic rings. The third-order valence-electron chi connectivity index (χ3n) is 2.70. The maximum Gasteiger partial charge on any atom is 0.248 e. The number of carbonyl (C=O) groups is 1. The van der Waals surface area contributed by atoms with E-state index in [0.717, 1.165) is 22.9 Å². The van der Waals surface area contributed by atoms with Crippen molar-refractivity contribution >= 4 is 16.8 Å². The van der Waals surface area contributed by atoms with E-state index in [1.165, 1.54) is 0 Å². The average Bonchev–Trinajstić information content (AvgIpc) is 2.58. The summed E-state index contributed by atoms with van der Waals surface area (Å²) in [5.41, 5.74) is 13.6. The Bertz CT molecular complexity index is 564. The summed E-state index contributed by atoms with van der Waals surface area (Å²) in [5.74, 6) is -0.411. The molecule has 0 bridgehead atoms. The number of nitrogens with one attached hydrogen (secondary N) is 1. The van der Waals surface area contributed by atoms with E-state index < -0.39 is 5.91 Å². The van der Waals surface area contributed by atoms with E-state index in [4.69, 9.17) is 11.5 Å². The Hall–Kier alpha value is -1.81. The fourth-order valence-corrected chi connectivity index (χ4v) is 1.97. The van der Waals surface area contributed by atoms with Crippen LogP contribution in [-0.2, 0) is 6.42 Å². The molecule has 4 heteroatoms. The van der Waals surface area contributed by atoms with Crippen LogP contribution in [0.15, 0.2) is 24.4 Å². The molecule has 0 aliphatic carbocycles. The highest BCUT2D eigenvalue weighted by molar-refractivity contribution is 5.97. The number of benzene rings is 1. The largest absolute Gasteiger partial charge is 0.366 e. The molecule has 2 rings (SSSR count). The summed E-state index contributed by atoms with van der Waals surface area (Å²) in [6.45, 7) is 3.95. The van der Waals surface area contributed by atoms with Gasteiger partial charge in [0.25, 0.3) is 0 Å². The minimum Gasteiger partial charge on any atom is -0.366 e. The molecule has 0 radical (unpaired) electrons. The van der Waals surface area contributed by atoms with Gasteiger partial charge in [0, 0.05) is 28.2 Å². The van der Waals surface area contributed by atoms with Crippen molar-refractivity contribution in [1.29, 1.82) is 0 Å². The quantitative estimate of drug-likeness (QED) is 0.748. The van der Waals surface area contributed by atoms with Crippen LogP contribution >= 0.6 is 0 Å². The van der Waals surface area contributed by atoms with E-state index in [1.54, 1.807) is 6.07 Å². The number of amides is 1. The number of hydrogen-bond donors (Lipinski definition) is 3. The molecular formula is C13H17N3O. The van der Waals surface area contributed by atoms with Gasteiger partial charge in [-0.05, 0) is 44.0 Å². The van der Waals surface area contributed by atoms with Crippen LogP contribution < -0.4 is 11.5 Å². The monoisotopic (exact) mass is 231 g/mol. The molecule has 1 heterocycles. The molecule has 0 atom stereocenters. The second kappa shape index (κ2) is 3.89. The van der Waals surface area contributed by atoms with Crippen molar-refractivity contribution in [1.82, 2.24) is 4.98 Å². The number of carbonyl (C=O) groups excluding carboxylic acids is 1. The Kier molecular flexibility index (Phi) is 2.67. The van der Waals surface area contributed by atoms with Gasteiger partial charge in [-0.3, -0.25) is 4.79 Å². The van der Waals surface area contributed by atoms with Crippen LogP contribution in [0.25, 0.3) is 10.9 Å². The van der Waals surface area contributed by atoms with E-state index in [2.05, 4.69) is 4.98 Å². The number of fused-ring (bicyclic) bond motifs is 1. The highest BCUT2D eigenvalue weighted by Crippen LogP contribution is 2.22. The molecule has 4 nitrogen and oxygen atoms in total. The topological polar surface area (TPSA) is 84.9 Å². The van der Waals surface area contributed by atoms with Gasteiger partial charge in [0.2, 0.25) is 5.91 Å². The molecule has 0 saturated carbocycles. The van der Waals surface area contributed by atoms with E-state index in [0.29, 0.717) is 5.56 Å². The highest BCUT2D eigenvalue weighted by Gasteiger charge is 2.15. The van der Waals surface area contributed by atoms with Gasteiger partial charge in [-0.25, -0.2) is 0 Å². The molecule has 0 spiro atoms. The molecular weight excluding hydrogens is 214 g/mol. The van der Waals surface area contributed by atoms with Gasteiger partial charge in [0.05, 0.1) is 0 Å². The van der Waals surface area contributed by atoms with Gasteiger partial charge in [0.1, 0.15) is 0 Å². The Balaban J connectivity index is 2.50. The molecule has 1 amide bonds. The Morgan fingerprint density at radius 1 is 1.41 bits per heavy atom. The number of aromatic amines is 1. The van der Waals surface area contributed by atoms with Gasteiger partial charge < -0.3 is 16.5 Å². The molecule has 1 aromatic heterocycles. The fourth-order valence-electron chi connectivity index (χ4n) is 1.97. The zero-order valence-corrected chi connectivity index (χ0v) is 10.1. The smallest absolute Gasteiger partial charge is 0.248 e. The van der Waals surface area contributed by atoms with Gasteiger partial charge in [-0.1, -0.05) is 0 Å². The lowest BCUT2D eigenvalue weighted by Gasteiger charge is -2.17. The summed E-state index contributed by atoms with van der Waals surface area (Å²) in [6, 6.07) is 5.40. The van der Waals surface area contributed by atoms with Gasteiger partial charge in [-0.2, -0.15) is 0 Å². The normalized spacial score (nSPS) is 11.9. The molecule has 0 saturated heterocycles. The molecule has 0 fully saturated rings. The van der Waals surface area contributed by atoms with Crippen molar-refractivity contribution in [3.63, 3.8) is 0 Å². The number of rotatable bonds is 3. The Morgan fingerprint density at radius 2 is 2.12 bits per heavy atom. The molecule has 1 aromatic carbocycles. The lowest BCUT2D eigenvalue weighted by atomic mass is 9.95. The Labute approximate surface area is 100.0 Å². The van der Waals surface area contributed by atoms with Crippen molar-refractivity contribution in [2.24, 2.45) is 11.5 Å². The van der Waals surface area contributed by atoms with Crippen molar-refractivity contribution in [3.05, 3.63) is 35.5 Å². The van der Waals surface area contributed by atoms with Gasteiger partial charge in [-0.15, -0.1) is 0 Å². The first kappa shape index (κ1) is 11.7. The average molecular weight is 231 g/mol. The number of aromatic nitrogens is 1. The molecule has 2 aromatic rings. The third-order valence-corrected chi connectivity index (χ3v) is 2.70. The molecule has 0 aliphatic heterocycles. The second-order valence-electron chi connectivity index (χ2n) is 5.10. The number of hydrogen-bond acceptors (Lipinski definition) is 2. The minimum absolute atomic E-state index is 0.280. The van der Waals surface area contributed by atoms with Gasteiger partial charge >= 0.3 is 0 Å². The SMILES string of the molecule is CC(C)(N)Cc1c[nH]c2ccc(C(N)=O)cc12. The Morgan fingerprint density at radius 3 is 2.71 bits per heavy atom. The van der Waals surface area contributed by atoms with Crippen molar-refractivity contribution in [2.45, 2.75) is 25.8 Å². The van der Waals surface area contributed by atoms with E-state index in [1.807, 2.05) is 32.2 Å². The van der Waals surface area contributed by atoms with Crippen LogP contribution in [-0.4, -0.2) is 16.4 Å². The first-order valence-electron chi connectivity index (χ1n) is 5.55. The van der Waals surface area contributed by atoms with Crippen LogP contribution in [0.2, 0.25) is 0 Å². The molecule has 17 heavy (non-hydrogen) atoms. The van der Waals surface area contributed by atoms with Crippen molar-refractivity contribution in [2.75, 3.05) is 0 Å². The summed E-state index contributed by atoms with van der Waals surface area (Å²) in [6.07, 6.45) is 2.68. The molecule has 90 valence electrons. The summed E-state index contributed by atoms with van der Waals surface area (Å²) >= 11 is 0. The van der Waals surface area contributed by atoms with Crippen LogP contribution in [0, 0.1) is 0 Å². The minimum atomic E-state index is -0.411. The molecule has 0 unspecified atom stereocenters. The maximum absolute atomic E-state index is 11.2. The first-order chi connectivity index (χ1) is 7.87. The lowest BCUT2D eigenvalue weighted by Crippen LogP contribution is -2.34. The summed E-state index contributed by atoms with van der Waals surface area (Å²) in [5, 5.41) is 1.01. The predicted molar refractivity (Wildman–Crippen MR) is 68.8 cm³/mol. The molecule has 5 N–H and O–H groups in total. The predicted octanol–water partition coefficient (Wildman–Crippen LogP) is 1.55. The zero-order chi connectivity index (χ0) is 12.6. The summed E-state index contributed by atoms with van der Waals surface area (Å²) in [4.78, 5) is 14.3. The maximum atomic E-state index is 11.2. The first-order valence-corrected chi connectivity index (χ1v) is 5.55. The fraction of sp³-hybridized carbons (Fsp3) is 0.308. The lowest BCUT2D eigenvalue weighted by molar-refractivity contribution is 0.100. The van der Waals surface area contributed by atoms with Crippen molar-refractivity contribution < 1.29 is 4.79 Å². The van der Waals surface area contributed by atoms with Crippen LogP contribution in [0.1, 0.15) is 29.8 Å². The van der Waals surface area contributed by atoms with E-state index in [-0.39, 0.29) is 5.54 Å². The van der Waals surface area contributed by atoms with Crippen LogP contribution in [0.4, 0.5) is 0 Å².